The molecule has 7 heteroatoms. The number of nitrogens with zero attached hydrogens (tertiary/aromatic N) is 2. The molecule has 2 amide bonds. The van der Waals surface area contributed by atoms with E-state index in [1.165, 1.54) is 0 Å². The van der Waals surface area contributed by atoms with Gasteiger partial charge in [0.15, 0.2) is 6.10 Å². The van der Waals surface area contributed by atoms with Gasteiger partial charge in [-0.05, 0) is 35.4 Å². The lowest BCUT2D eigenvalue weighted by Gasteiger charge is -2.25. The number of amides is 2. The number of oxime groups is 1. The van der Waals surface area contributed by atoms with Gasteiger partial charge in [0.25, 0.3) is 0 Å². The van der Waals surface area contributed by atoms with Crippen LogP contribution in [0.2, 0.25) is 5.02 Å². The maximum atomic E-state index is 13.2. The van der Waals surface area contributed by atoms with Crippen LogP contribution < -0.4 is 10.1 Å². The molecule has 0 spiro atoms. The smallest absolute Gasteiger partial charge is 0.322 e. The van der Waals surface area contributed by atoms with Gasteiger partial charge in [0, 0.05) is 18.0 Å². The van der Waals surface area contributed by atoms with Crippen LogP contribution in [-0.2, 0) is 11.4 Å². The standard InChI is InChI=1S/C25H24ClN3O3/c1-31-24-10-6-5-9-22(24)27-25(30)29(16-18-7-3-2-4-8-18)17-21-15-23(28-32-21)19-11-13-20(26)14-12-19/h2-14,21H,15-17H2,1H3,(H,27,30). The minimum Gasteiger partial charge on any atom is -0.495 e. The lowest BCUT2D eigenvalue weighted by molar-refractivity contribution is 0.0608. The Bertz CT molecular complexity index is 1090. The molecule has 0 radical (unpaired) electrons. The molecule has 4 rings (SSSR count). The van der Waals surface area contributed by atoms with Crippen molar-refractivity contribution in [2.24, 2.45) is 5.16 Å². The fourth-order valence-corrected chi connectivity index (χ4v) is 3.68. The number of carbonyl (C=O) groups is 1. The normalized spacial score (nSPS) is 14.9. The highest BCUT2D eigenvalue weighted by atomic mass is 35.5. The Hall–Kier alpha value is -3.51. The van der Waals surface area contributed by atoms with Crippen molar-refractivity contribution < 1.29 is 14.4 Å². The highest BCUT2D eigenvalue weighted by molar-refractivity contribution is 6.30. The fraction of sp³-hybridized carbons (Fsp3) is 0.200. The summed E-state index contributed by atoms with van der Waals surface area (Å²) in [4.78, 5) is 20.6. The van der Waals surface area contributed by atoms with Crippen LogP contribution in [0.4, 0.5) is 10.5 Å². The lowest BCUT2D eigenvalue weighted by atomic mass is 10.0. The molecule has 1 aliphatic heterocycles. The zero-order valence-corrected chi connectivity index (χ0v) is 18.5. The van der Waals surface area contributed by atoms with E-state index < -0.39 is 0 Å². The molecule has 0 saturated carbocycles. The number of ether oxygens (including phenoxy) is 1. The summed E-state index contributed by atoms with van der Waals surface area (Å²) in [5.41, 5.74) is 3.45. The molecule has 164 valence electrons. The number of methoxy groups -OCH3 is 1. The number of hydrogen-bond donors (Lipinski definition) is 1. The van der Waals surface area contributed by atoms with Crippen molar-refractivity contribution in [2.45, 2.75) is 19.1 Å². The van der Waals surface area contributed by atoms with Gasteiger partial charge in [-0.25, -0.2) is 4.79 Å². The Morgan fingerprint density at radius 3 is 2.56 bits per heavy atom. The molecular weight excluding hydrogens is 426 g/mol. The Kier molecular flexibility index (Phi) is 6.92. The Morgan fingerprint density at radius 2 is 1.81 bits per heavy atom. The van der Waals surface area contributed by atoms with Crippen LogP contribution in [0, 0.1) is 0 Å². The van der Waals surface area contributed by atoms with E-state index in [0.717, 1.165) is 16.8 Å². The van der Waals surface area contributed by atoms with Crippen molar-refractivity contribution in [3.63, 3.8) is 0 Å². The number of urea groups is 1. The van der Waals surface area contributed by atoms with Gasteiger partial charge in [0.05, 0.1) is 25.1 Å². The number of nitrogens with one attached hydrogen (secondary N) is 1. The summed E-state index contributed by atoms with van der Waals surface area (Å²) in [6.07, 6.45) is 0.363. The molecule has 0 bridgehead atoms. The maximum Gasteiger partial charge on any atom is 0.322 e. The first-order valence-corrected chi connectivity index (χ1v) is 10.7. The molecule has 0 saturated heterocycles. The number of hydrogen-bond acceptors (Lipinski definition) is 4. The van der Waals surface area contributed by atoms with Gasteiger partial charge in [-0.15, -0.1) is 0 Å². The minimum atomic E-state index is -0.243. The molecule has 1 aliphatic rings. The Balaban J connectivity index is 1.47. The summed E-state index contributed by atoms with van der Waals surface area (Å²) in [7, 11) is 1.58. The van der Waals surface area contributed by atoms with E-state index in [1.54, 1.807) is 12.0 Å². The monoisotopic (exact) mass is 449 g/mol. The molecule has 0 aromatic heterocycles. The number of halogens is 1. The summed E-state index contributed by atoms with van der Waals surface area (Å²) in [5.74, 6) is 0.603. The molecule has 1 heterocycles. The van der Waals surface area contributed by atoms with Crippen molar-refractivity contribution in [1.82, 2.24) is 4.90 Å². The number of para-hydroxylation sites is 2. The van der Waals surface area contributed by atoms with E-state index in [9.17, 15) is 4.79 Å². The second-order valence-corrected chi connectivity index (χ2v) is 7.91. The molecule has 3 aromatic carbocycles. The Morgan fingerprint density at radius 1 is 1.09 bits per heavy atom. The van der Waals surface area contributed by atoms with E-state index in [4.69, 9.17) is 21.2 Å². The van der Waals surface area contributed by atoms with E-state index >= 15 is 0 Å². The number of carbonyl (C=O) groups excluding carboxylic acids is 1. The van der Waals surface area contributed by atoms with E-state index in [1.807, 2.05) is 78.9 Å². The second kappa shape index (κ2) is 10.2. The maximum absolute atomic E-state index is 13.2. The number of anilines is 1. The van der Waals surface area contributed by atoms with Crippen molar-refractivity contribution in [3.05, 3.63) is 95.0 Å². The quantitative estimate of drug-likeness (QED) is 0.512. The first-order valence-electron chi connectivity index (χ1n) is 10.3. The van der Waals surface area contributed by atoms with Crippen molar-refractivity contribution >= 4 is 29.0 Å². The van der Waals surface area contributed by atoms with Gasteiger partial charge < -0.3 is 19.8 Å². The highest BCUT2D eigenvalue weighted by Gasteiger charge is 2.27. The molecule has 1 atom stereocenters. The highest BCUT2D eigenvalue weighted by Crippen LogP contribution is 2.25. The second-order valence-electron chi connectivity index (χ2n) is 7.47. The molecule has 32 heavy (non-hydrogen) atoms. The van der Waals surface area contributed by atoms with E-state index in [0.29, 0.717) is 36.0 Å². The minimum absolute atomic E-state index is 0.234. The summed E-state index contributed by atoms with van der Waals surface area (Å²) >= 11 is 5.98. The van der Waals surface area contributed by atoms with E-state index in [2.05, 4.69) is 10.5 Å². The third-order valence-electron chi connectivity index (χ3n) is 5.19. The van der Waals surface area contributed by atoms with Gasteiger partial charge in [-0.2, -0.15) is 0 Å². The summed E-state index contributed by atoms with van der Waals surface area (Å²) in [5, 5.41) is 7.88. The van der Waals surface area contributed by atoms with Gasteiger partial charge in [0.2, 0.25) is 0 Å². The molecule has 6 nitrogen and oxygen atoms in total. The van der Waals surface area contributed by atoms with Gasteiger partial charge in [0.1, 0.15) is 5.75 Å². The molecule has 0 fully saturated rings. The molecule has 0 aliphatic carbocycles. The third-order valence-corrected chi connectivity index (χ3v) is 5.44. The zero-order valence-electron chi connectivity index (χ0n) is 17.7. The number of rotatable bonds is 7. The van der Waals surface area contributed by atoms with Crippen LogP contribution in [0.25, 0.3) is 0 Å². The third kappa shape index (κ3) is 5.39. The van der Waals surface area contributed by atoms with Crippen molar-refractivity contribution in [2.75, 3.05) is 19.0 Å². The predicted molar refractivity (Wildman–Crippen MR) is 126 cm³/mol. The van der Waals surface area contributed by atoms with Gasteiger partial charge in [-0.1, -0.05) is 71.4 Å². The molecule has 1 unspecified atom stereocenters. The predicted octanol–water partition coefficient (Wildman–Crippen LogP) is 5.58. The fourth-order valence-electron chi connectivity index (χ4n) is 3.55. The first-order chi connectivity index (χ1) is 15.6. The first kappa shape index (κ1) is 21.7. The van der Waals surface area contributed by atoms with Crippen LogP contribution in [0.15, 0.2) is 84.0 Å². The zero-order chi connectivity index (χ0) is 22.3. The molecule has 1 N–H and O–H groups in total. The summed E-state index contributed by atoms with van der Waals surface area (Å²) in [6.45, 7) is 0.828. The van der Waals surface area contributed by atoms with Crippen LogP contribution in [0.3, 0.4) is 0 Å². The summed E-state index contributed by atoms with van der Waals surface area (Å²) in [6, 6.07) is 24.5. The lowest BCUT2D eigenvalue weighted by Crippen LogP contribution is -2.40. The van der Waals surface area contributed by atoms with Gasteiger partial charge in [-0.3, -0.25) is 0 Å². The molecular formula is C25H24ClN3O3. The Labute approximate surface area is 192 Å². The van der Waals surface area contributed by atoms with Crippen LogP contribution in [-0.4, -0.2) is 36.4 Å². The average Bonchev–Trinajstić information content (AvgIpc) is 3.28. The van der Waals surface area contributed by atoms with Crippen molar-refractivity contribution in [1.29, 1.82) is 0 Å². The summed E-state index contributed by atoms with van der Waals surface area (Å²) < 4.78 is 5.36. The average molecular weight is 450 g/mol. The van der Waals surface area contributed by atoms with Crippen LogP contribution in [0.5, 0.6) is 5.75 Å². The van der Waals surface area contributed by atoms with E-state index in [-0.39, 0.29) is 12.1 Å². The van der Waals surface area contributed by atoms with Crippen LogP contribution >= 0.6 is 11.6 Å². The van der Waals surface area contributed by atoms with Gasteiger partial charge >= 0.3 is 6.03 Å². The molecule has 3 aromatic rings. The van der Waals surface area contributed by atoms with Crippen LogP contribution in [0.1, 0.15) is 17.5 Å². The SMILES string of the molecule is COc1ccccc1NC(=O)N(Cc1ccccc1)CC1CC(c2ccc(Cl)cc2)=NO1. The topological polar surface area (TPSA) is 63.2 Å². The largest absolute Gasteiger partial charge is 0.495 e. The van der Waals surface area contributed by atoms with Crippen molar-refractivity contribution in [3.8, 4) is 5.75 Å². The number of benzene rings is 3.